The van der Waals surface area contributed by atoms with Gasteiger partial charge in [0.15, 0.2) is 11.6 Å². The Labute approximate surface area is 182 Å². The number of rotatable bonds is 4. The molecular weight excluding hydrogens is 430 g/mol. The Kier molecular flexibility index (Phi) is 5.18. The van der Waals surface area contributed by atoms with Crippen molar-refractivity contribution >= 4 is 34.7 Å². The van der Waals surface area contributed by atoms with E-state index in [1.807, 2.05) is 6.07 Å². The summed E-state index contributed by atoms with van der Waals surface area (Å²) < 4.78 is 14.0. The predicted octanol–water partition coefficient (Wildman–Crippen LogP) is 3.22. The van der Waals surface area contributed by atoms with Gasteiger partial charge in [-0.25, -0.2) is 4.39 Å². The van der Waals surface area contributed by atoms with Gasteiger partial charge in [0.1, 0.15) is 17.3 Å². The molecule has 1 saturated heterocycles. The number of aromatic nitrogens is 5. The molecule has 1 atom stereocenters. The molecule has 2 aromatic heterocycles. The summed E-state index contributed by atoms with van der Waals surface area (Å²) in [6.45, 7) is 3.57. The average Bonchev–Trinajstić information content (AvgIpc) is 3.45. The maximum absolute atomic E-state index is 14.0. The zero-order valence-corrected chi connectivity index (χ0v) is 17.4. The average molecular weight is 449 g/mol. The fourth-order valence-corrected chi connectivity index (χ4v) is 4.32. The van der Waals surface area contributed by atoms with Crippen LogP contribution < -0.4 is 15.5 Å². The third-order valence-corrected chi connectivity index (χ3v) is 6.23. The smallest absolute Gasteiger partial charge is 0.181 e. The SMILES string of the molecule is Fc1ccc(Cl)c(CN2CCNc3nnc(-c4nnc(C5CCNC5)[nH]4)cc32)c1Cl. The van der Waals surface area contributed by atoms with E-state index < -0.39 is 5.82 Å². The molecule has 4 heterocycles. The highest BCUT2D eigenvalue weighted by Crippen LogP contribution is 2.34. The van der Waals surface area contributed by atoms with Crippen molar-refractivity contribution in [1.82, 2.24) is 30.7 Å². The normalized spacial score (nSPS) is 18.4. The van der Waals surface area contributed by atoms with E-state index >= 15 is 0 Å². The van der Waals surface area contributed by atoms with Crippen LogP contribution in [0.25, 0.3) is 11.5 Å². The third kappa shape index (κ3) is 3.57. The number of anilines is 2. The van der Waals surface area contributed by atoms with Crippen molar-refractivity contribution in [3.8, 4) is 11.5 Å². The first-order chi connectivity index (χ1) is 14.6. The second kappa shape index (κ2) is 7.98. The van der Waals surface area contributed by atoms with Gasteiger partial charge in [-0.1, -0.05) is 23.2 Å². The summed E-state index contributed by atoms with van der Waals surface area (Å²) >= 11 is 12.5. The molecule has 0 amide bonds. The van der Waals surface area contributed by atoms with Gasteiger partial charge >= 0.3 is 0 Å². The first-order valence-corrected chi connectivity index (χ1v) is 10.5. The molecule has 30 heavy (non-hydrogen) atoms. The topological polar surface area (TPSA) is 94.7 Å². The van der Waals surface area contributed by atoms with E-state index in [9.17, 15) is 4.39 Å². The summed E-state index contributed by atoms with van der Waals surface area (Å²) in [5, 5.41) is 24.2. The van der Waals surface area contributed by atoms with Gasteiger partial charge in [-0.3, -0.25) is 0 Å². The van der Waals surface area contributed by atoms with E-state index in [1.54, 1.807) is 0 Å². The van der Waals surface area contributed by atoms with Gasteiger partial charge in [0.05, 0.1) is 10.7 Å². The molecule has 11 heteroatoms. The Bertz CT molecular complexity index is 1080. The van der Waals surface area contributed by atoms with Gasteiger partial charge in [-0.05, 0) is 31.2 Å². The number of aromatic amines is 1. The molecule has 0 aliphatic carbocycles. The van der Waals surface area contributed by atoms with Crippen LogP contribution in [0.1, 0.15) is 23.7 Å². The molecule has 3 aromatic rings. The van der Waals surface area contributed by atoms with Crippen LogP contribution >= 0.6 is 23.2 Å². The number of nitrogens with zero attached hydrogens (tertiary/aromatic N) is 5. The Morgan fingerprint density at radius 2 is 2.03 bits per heavy atom. The number of halogens is 3. The molecule has 5 rings (SSSR count). The first kappa shape index (κ1) is 19.5. The zero-order chi connectivity index (χ0) is 20.7. The minimum atomic E-state index is -0.490. The van der Waals surface area contributed by atoms with Crippen LogP contribution in [0.4, 0.5) is 15.9 Å². The van der Waals surface area contributed by atoms with Gasteiger partial charge in [0.2, 0.25) is 0 Å². The Hall–Kier alpha value is -2.49. The zero-order valence-electron chi connectivity index (χ0n) is 15.9. The summed E-state index contributed by atoms with van der Waals surface area (Å²) in [5.74, 6) is 1.90. The van der Waals surface area contributed by atoms with Crippen LogP contribution in [0.3, 0.4) is 0 Å². The molecule has 2 aliphatic rings. The van der Waals surface area contributed by atoms with E-state index in [0.29, 0.717) is 53.5 Å². The second-order valence-electron chi connectivity index (χ2n) is 7.38. The number of benzene rings is 1. The van der Waals surface area contributed by atoms with Crippen LogP contribution in [0.2, 0.25) is 10.0 Å². The van der Waals surface area contributed by atoms with Crippen molar-refractivity contribution in [2.45, 2.75) is 18.9 Å². The quantitative estimate of drug-likeness (QED) is 0.527. The number of H-pyrrole nitrogens is 1. The number of nitrogens with one attached hydrogen (secondary N) is 3. The maximum Gasteiger partial charge on any atom is 0.181 e. The molecule has 0 spiro atoms. The van der Waals surface area contributed by atoms with Crippen molar-refractivity contribution < 1.29 is 4.39 Å². The largest absolute Gasteiger partial charge is 0.365 e. The standard InChI is InChI=1S/C19H19Cl2FN8/c20-12-1-2-13(22)16(21)11(12)9-30-6-5-24-19-15(30)7-14(26-29-19)18-25-17(27-28-18)10-3-4-23-8-10/h1-2,7,10,23H,3-6,8-9H2,(H,24,29)(H,25,27,28). The highest BCUT2D eigenvalue weighted by molar-refractivity contribution is 6.36. The fraction of sp³-hybridized carbons (Fsp3) is 0.368. The molecule has 0 bridgehead atoms. The van der Waals surface area contributed by atoms with Crippen molar-refractivity contribution in [2.24, 2.45) is 0 Å². The Morgan fingerprint density at radius 1 is 1.13 bits per heavy atom. The van der Waals surface area contributed by atoms with Crippen molar-refractivity contribution in [1.29, 1.82) is 0 Å². The van der Waals surface area contributed by atoms with Crippen molar-refractivity contribution in [3.63, 3.8) is 0 Å². The van der Waals surface area contributed by atoms with E-state index in [-0.39, 0.29) is 5.02 Å². The third-order valence-electron chi connectivity index (χ3n) is 5.47. The van der Waals surface area contributed by atoms with Crippen LogP contribution in [-0.4, -0.2) is 51.6 Å². The molecule has 2 aliphatic heterocycles. The van der Waals surface area contributed by atoms with E-state index in [4.69, 9.17) is 23.2 Å². The lowest BCUT2D eigenvalue weighted by Crippen LogP contribution is -2.34. The monoisotopic (exact) mass is 448 g/mol. The summed E-state index contributed by atoms with van der Waals surface area (Å²) in [6.07, 6.45) is 1.03. The van der Waals surface area contributed by atoms with Crippen LogP contribution in [0.5, 0.6) is 0 Å². The molecule has 0 radical (unpaired) electrons. The lowest BCUT2D eigenvalue weighted by atomic mass is 10.1. The second-order valence-corrected chi connectivity index (χ2v) is 8.17. The molecule has 0 saturated carbocycles. The molecule has 1 unspecified atom stereocenters. The molecule has 1 fully saturated rings. The van der Waals surface area contributed by atoms with Gasteiger partial charge < -0.3 is 20.5 Å². The van der Waals surface area contributed by atoms with E-state index in [2.05, 4.69) is 40.9 Å². The van der Waals surface area contributed by atoms with Gasteiger partial charge in [-0.2, -0.15) is 0 Å². The lowest BCUT2D eigenvalue weighted by molar-refractivity contribution is 0.624. The van der Waals surface area contributed by atoms with Gasteiger partial charge in [0, 0.05) is 42.7 Å². The van der Waals surface area contributed by atoms with Crippen LogP contribution in [0, 0.1) is 5.82 Å². The summed E-state index contributed by atoms with van der Waals surface area (Å²) in [4.78, 5) is 5.32. The summed E-state index contributed by atoms with van der Waals surface area (Å²) in [6, 6.07) is 4.68. The Morgan fingerprint density at radius 3 is 2.87 bits per heavy atom. The molecule has 8 nitrogen and oxygen atoms in total. The lowest BCUT2D eigenvalue weighted by Gasteiger charge is -2.31. The number of hydrogen-bond donors (Lipinski definition) is 3. The maximum atomic E-state index is 14.0. The summed E-state index contributed by atoms with van der Waals surface area (Å²) in [7, 11) is 0. The molecular formula is C19H19Cl2FN8. The molecule has 156 valence electrons. The highest BCUT2D eigenvalue weighted by atomic mass is 35.5. The fourth-order valence-electron chi connectivity index (χ4n) is 3.83. The summed E-state index contributed by atoms with van der Waals surface area (Å²) in [5.41, 5.74) is 1.95. The van der Waals surface area contributed by atoms with Crippen molar-refractivity contribution in [2.75, 3.05) is 36.4 Å². The predicted molar refractivity (Wildman–Crippen MR) is 114 cm³/mol. The molecule has 3 N–H and O–H groups in total. The number of hydrogen-bond acceptors (Lipinski definition) is 7. The number of fused-ring (bicyclic) bond motifs is 1. The minimum Gasteiger partial charge on any atom is -0.365 e. The van der Waals surface area contributed by atoms with Gasteiger partial charge in [0.25, 0.3) is 0 Å². The van der Waals surface area contributed by atoms with E-state index in [0.717, 1.165) is 31.0 Å². The molecule has 1 aromatic carbocycles. The Balaban J connectivity index is 1.46. The van der Waals surface area contributed by atoms with Crippen LogP contribution in [0.15, 0.2) is 18.2 Å². The first-order valence-electron chi connectivity index (χ1n) is 9.72. The minimum absolute atomic E-state index is 0.0369. The highest BCUT2D eigenvalue weighted by Gasteiger charge is 2.24. The van der Waals surface area contributed by atoms with Crippen LogP contribution in [-0.2, 0) is 6.54 Å². The van der Waals surface area contributed by atoms with Gasteiger partial charge in [-0.15, -0.1) is 20.4 Å². The van der Waals surface area contributed by atoms with Crippen molar-refractivity contribution in [3.05, 3.63) is 45.4 Å². The van der Waals surface area contributed by atoms with E-state index in [1.165, 1.54) is 12.1 Å².